The summed E-state index contributed by atoms with van der Waals surface area (Å²) in [4.78, 5) is 7.10. The lowest BCUT2D eigenvalue weighted by atomic mass is 9.98. The summed E-state index contributed by atoms with van der Waals surface area (Å²) < 4.78 is 12.9. The van der Waals surface area contributed by atoms with E-state index in [1.54, 1.807) is 14.2 Å². The zero-order valence-electron chi connectivity index (χ0n) is 15.5. The Hall–Kier alpha value is -2.60. The molecule has 1 aliphatic heterocycles. The Morgan fingerprint density at radius 3 is 2.77 bits per heavy atom. The van der Waals surface area contributed by atoms with Crippen LogP contribution >= 0.6 is 0 Å². The van der Waals surface area contributed by atoms with Crippen LogP contribution in [0.25, 0.3) is 16.8 Å². The number of rotatable bonds is 4. The number of likely N-dealkylation sites (N-methyl/N-ethyl adjacent to an activating group) is 1. The zero-order valence-corrected chi connectivity index (χ0v) is 15.5. The van der Waals surface area contributed by atoms with Crippen LogP contribution in [0.15, 0.2) is 36.5 Å². The average Bonchev–Trinajstić information content (AvgIpc) is 3.10. The highest BCUT2D eigenvalue weighted by atomic mass is 16.5. The molecule has 3 aromatic rings. The van der Waals surface area contributed by atoms with Gasteiger partial charge in [0.05, 0.1) is 14.2 Å². The SMILES string of the molecule is COc1cccc(-c2ccc3nc([C@@H]4CCCN(C)C4)nn3c2)c1OC. The molecule has 6 heteroatoms. The van der Waals surface area contributed by atoms with Crippen molar-refractivity contribution in [3.05, 3.63) is 42.4 Å². The second-order valence-electron chi connectivity index (χ2n) is 6.83. The highest BCUT2D eigenvalue weighted by molar-refractivity contribution is 5.74. The zero-order chi connectivity index (χ0) is 18.1. The molecule has 0 bridgehead atoms. The number of piperidine rings is 1. The van der Waals surface area contributed by atoms with Crippen LogP contribution in [-0.2, 0) is 0 Å². The van der Waals surface area contributed by atoms with E-state index in [0.29, 0.717) is 5.92 Å². The third kappa shape index (κ3) is 3.01. The van der Waals surface area contributed by atoms with Crippen molar-refractivity contribution >= 4 is 5.65 Å². The van der Waals surface area contributed by atoms with Crippen molar-refractivity contribution in [3.63, 3.8) is 0 Å². The van der Waals surface area contributed by atoms with E-state index in [-0.39, 0.29) is 0 Å². The van der Waals surface area contributed by atoms with Gasteiger partial charge in [-0.25, -0.2) is 9.50 Å². The molecule has 1 fully saturated rings. The molecule has 2 aromatic heterocycles. The summed E-state index contributed by atoms with van der Waals surface area (Å²) in [6.45, 7) is 2.18. The minimum Gasteiger partial charge on any atom is -0.493 e. The predicted molar refractivity (Wildman–Crippen MR) is 101 cm³/mol. The lowest BCUT2D eigenvalue weighted by molar-refractivity contribution is 0.246. The summed E-state index contributed by atoms with van der Waals surface area (Å²) >= 11 is 0. The molecule has 0 amide bonds. The summed E-state index contributed by atoms with van der Waals surface area (Å²) in [5.74, 6) is 2.79. The van der Waals surface area contributed by atoms with Gasteiger partial charge in [0, 0.05) is 29.8 Å². The average molecular weight is 352 g/mol. The second kappa shape index (κ2) is 6.96. The summed E-state index contributed by atoms with van der Waals surface area (Å²) in [5, 5.41) is 4.76. The third-order valence-electron chi connectivity index (χ3n) is 5.05. The summed E-state index contributed by atoms with van der Waals surface area (Å²) in [7, 11) is 5.47. The molecule has 0 aliphatic carbocycles. The number of hydrogen-bond donors (Lipinski definition) is 0. The normalized spacial score (nSPS) is 18.2. The number of hydrogen-bond acceptors (Lipinski definition) is 5. The molecular formula is C20H24N4O2. The van der Waals surface area contributed by atoms with Crippen molar-refractivity contribution in [3.8, 4) is 22.6 Å². The van der Waals surface area contributed by atoms with Gasteiger partial charge in [-0.3, -0.25) is 0 Å². The molecule has 1 aromatic carbocycles. The number of pyridine rings is 1. The molecule has 0 spiro atoms. The smallest absolute Gasteiger partial charge is 0.168 e. The van der Waals surface area contributed by atoms with E-state index in [0.717, 1.165) is 53.6 Å². The first kappa shape index (κ1) is 16.8. The van der Waals surface area contributed by atoms with Crippen LogP contribution < -0.4 is 9.47 Å². The van der Waals surface area contributed by atoms with Gasteiger partial charge in [0.25, 0.3) is 0 Å². The van der Waals surface area contributed by atoms with Crippen molar-refractivity contribution in [1.82, 2.24) is 19.5 Å². The third-order valence-corrected chi connectivity index (χ3v) is 5.05. The second-order valence-corrected chi connectivity index (χ2v) is 6.83. The lowest BCUT2D eigenvalue weighted by Gasteiger charge is -2.27. The van der Waals surface area contributed by atoms with Gasteiger partial charge in [-0.2, -0.15) is 5.10 Å². The number of benzene rings is 1. The number of aromatic nitrogens is 3. The van der Waals surface area contributed by atoms with Gasteiger partial charge in [0.15, 0.2) is 23.0 Å². The van der Waals surface area contributed by atoms with Gasteiger partial charge in [-0.05, 0) is 44.6 Å². The van der Waals surface area contributed by atoms with E-state index < -0.39 is 0 Å². The monoisotopic (exact) mass is 352 g/mol. The van der Waals surface area contributed by atoms with Crippen LogP contribution in [0.4, 0.5) is 0 Å². The van der Waals surface area contributed by atoms with Crippen molar-refractivity contribution < 1.29 is 9.47 Å². The van der Waals surface area contributed by atoms with E-state index >= 15 is 0 Å². The van der Waals surface area contributed by atoms with Crippen molar-refractivity contribution in [2.24, 2.45) is 0 Å². The van der Waals surface area contributed by atoms with E-state index in [2.05, 4.69) is 18.0 Å². The van der Waals surface area contributed by atoms with Crippen LogP contribution in [0.3, 0.4) is 0 Å². The Morgan fingerprint density at radius 1 is 1.12 bits per heavy atom. The molecule has 4 rings (SSSR count). The summed E-state index contributed by atoms with van der Waals surface area (Å²) in [6.07, 6.45) is 4.36. The molecule has 0 radical (unpaired) electrons. The largest absolute Gasteiger partial charge is 0.493 e. The fourth-order valence-corrected chi connectivity index (χ4v) is 3.72. The number of methoxy groups -OCH3 is 2. The molecule has 1 atom stereocenters. The number of para-hydroxylation sites is 1. The first-order chi connectivity index (χ1) is 12.7. The fourth-order valence-electron chi connectivity index (χ4n) is 3.72. The van der Waals surface area contributed by atoms with Gasteiger partial charge in [0.1, 0.15) is 0 Å². The molecule has 0 N–H and O–H groups in total. The highest BCUT2D eigenvalue weighted by Gasteiger charge is 2.23. The van der Waals surface area contributed by atoms with Crippen LogP contribution in [0.2, 0.25) is 0 Å². The number of likely N-dealkylation sites (tertiary alicyclic amines) is 1. The number of ether oxygens (including phenoxy) is 2. The standard InChI is InChI=1S/C20H24N4O2/c1-23-11-5-6-15(12-23)20-21-18-10-9-14(13-24(18)22-20)16-7-4-8-17(25-2)19(16)26-3/h4,7-10,13,15H,5-6,11-12H2,1-3H3/t15-/m1/s1. The van der Waals surface area contributed by atoms with Gasteiger partial charge < -0.3 is 14.4 Å². The Balaban J connectivity index is 1.72. The molecule has 1 aliphatic rings. The van der Waals surface area contributed by atoms with E-state index in [1.165, 1.54) is 6.42 Å². The molecule has 0 unspecified atom stereocenters. The van der Waals surface area contributed by atoms with Gasteiger partial charge in [0.2, 0.25) is 0 Å². The van der Waals surface area contributed by atoms with E-state index in [4.69, 9.17) is 19.6 Å². The minimum absolute atomic E-state index is 0.406. The highest BCUT2D eigenvalue weighted by Crippen LogP contribution is 2.37. The van der Waals surface area contributed by atoms with Crippen molar-refractivity contribution in [2.75, 3.05) is 34.4 Å². The molecular weight excluding hydrogens is 328 g/mol. The van der Waals surface area contributed by atoms with Crippen molar-refractivity contribution in [1.29, 1.82) is 0 Å². The van der Waals surface area contributed by atoms with Gasteiger partial charge >= 0.3 is 0 Å². The van der Waals surface area contributed by atoms with Gasteiger partial charge in [-0.15, -0.1) is 0 Å². The van der Waals surface area contributed by atoms with E-state index in [1.807, 2.05) is 35.0 Å². The first-order valence-electron chi connectivity index (χ1n) is 8.96. The predicted octanol–water partition coefficient (Wildman–Crippen LogP) is 3.22. The maximum Gasteiger partial charge on any atom is 0.168 e. The number of nitrogens with zero attached hydrogens (tertiary/aromatic N) is 4. The molecule has 1 saturated heterocycles. The van der Waals surface area contributed by atoms with E-state index in [9.17, 15) is 0 Å². The first-order valence-corrected chi connectivity index (χ1v) is 8.96. The Labute approximate surface area is 153 Å². The van der Waals surface area contributed by atoms with Crippen molar-refractivity contribution in [2.45, 2.75) is 18.8 Å². The number of fused-ring (bicyclic) bond motifs is 1. The Bertz CT molecular complexity index is 921. The molecule has 3 heterocycles. The Kier molecular flexibility index (Phi) is 4.51. The lowest BCUT2D eigenvalue weighted by Crippen LogP contribution is -2.31. The summed E-state index contributed by atoms with van der Waals surface area (Å²) in [5.41, 5.74) is 2.87. The maximum atomic E-state index is 5.57. The Morgan fingerprint density at radius 2 is 2.00 bits per heavy atom. The molecule has 136 valence electrons. The van der Waals surface area contributed by atoms with Crippen LogP contribution in [0, 0.1) is 0 Å². The fraction of sp³-hybridized carbons (Fsp3) is 0.400. The van der Waals surface area contributed by atoms with Crippen LogP contribution in [0.5, 0.6) is 11.5 Å². The molecule has 6 nitrogen and oxygen atoms in total. The maximum absolute atomic E-state index is 5.57. The van der Waals surface area contributed by atoms with Crippen LogP contribution in [0.1, 0.15) is 24.6 Å². The molecule has 26 heavy (non-hydrogen) atoms. The van der Waals surface area contributed by atoms with Crippen LogP contribution in [-0.4, -0.2) is 53.9 Å². The summed E-state index contributed by atoms with van der Waals surface area (Å²) in [6, 6.07) is 9.95. The molecule has 0 saturated carbocycles. The topological polar surface area (TPSA) is 51.9 Å². The quantitative estimate of drug-likeness (QED) is 0.722. The van der Waals surface area contributed by atoms with Gasteiger partial charge in [-0.1, -0.05) is 12.1 Å². The minimum atomic E-state index is 0.406.